The fraction of sp³-hybridized carbons (Fsp3) is 0.250. The highest BCUT2D eigenvalue weighted by Crippen LogP contribution is 2.60. The molecule has 132 valence electrons. The van der Waals surface area contributed by atoms with Crippen LogP contribution >= 0.6 is 23.5 Å². The highest BCUT2D eigenvalue weighted by molar-refractivity contribution is 8.45. The van der Waals surface area contributed by atoms with Crippen molar-refractivity contribution in [2.45, 2.75) is 30.6 Å². The van der Waals surface area contributed by atoms with Gasteiger partial charge in [0.25, 0.3) is 0 Å². The van der Waals surface area contributed by atoms with Gasteiger partial charge in [0.2, 0.25) is 5.12 Å². The maximum absolute atomic E-state index is 12.6. The van der Waals surface area contributed by atoms with Crippen molar-refractivity contribution in [1.82, 2.24) is 0 Å². The van der Waals surface area contributed by atoms with E-state index < -0.39 is 5.54 Å². The number of rotatable bonds is 4. The average molecular weight is 383 g/mol. The molecule has 26 heavy (non-hydrogen) atoms. The second-order valence-electron chi connectivity index (χ2n) is 6.39. The van der Waals surface area contributed by atoms with Crippen LogP contribution in [0.4, 0.5) is 0 Å². The van der Waals surface area contributed by atoms with Gasteiger partial charge in [-0.25, -0.2) is 0 Å². The van der Waals surface area contributed by atoms with Crippen molar-refractivity contribution < 1.29 is 14.3 Å². The number of esters is 1. The lowest BCUT2D eigenvalue weighted by atomic mass is 10.1. The predicted molar refractivity (Wildman–Crippen MR) is 106 cm³/mol. The van der Waals surface area contributed by atoms with Crippen LogP contribution in [-0.4, -0.2) is 21.0 Å². The largest absolute Gasteiger partial charge is 0.427 e. The molecule has 1 saturated carbocycles. The molecule has 1 spiro atoms. The van der Waals surface area contributed by atoms with E-state index in [0.29, 0.717) is 5.75 Å². The molecule has 1 aliphatic carbocycles. The summed E-state index contributed by atoms with van der Waals surface area (Å²) < 4.78 is 6.00. The Labute approximate surface area is 160 Å². The maximum Gasteiger partial charge on any atom is 0.308 e. The predicted octanol–water partition coefficient (Wildman–Crippen LogP) is 4.40. The summed E-state index contributed by atoms with van der Waals surface area (Å²) in [4.78, 5) is 28.5. The van der Waals surface area contributed by atoms with Crippen molar-refractivity contribution in [2.24, 2.45) is 4.99 Å². The number of carbonyl (C=O) groups is 2. The van der Waals surface area contributed by atoms with Crippen LogP contribution in [0.2, 0.25) is 0 Å². The second kappa shape index (κ2) is 6.93. The van der Waals surface area contributed by atoms with Crippen LogP contribution < -0.4 is 4.74 Å². The van der Waals surface area contributed by atoms with E-state index in [1.54, 1.807) is 17.8 Å². The molecule has 2 aromatic rings. The van der Waals surface area contributed by atoms with Crippen LogP contribution in [0, 0.1) is 0 Å². The molecule has 1 heterocycles. The lowest BCUT2D eigenvalue weighted by Crippen LogP contribution is -2.14. The Hall–Kier alpha value is -2.05. The third-order valence-electron chi connectivity index (χ3n) is 4.48. The van der Waals surface area contributed by atoms with E-state index in [1.165, 1.54) is 24.2 Å². The number of aliphatic imine (C=N–C) groups is 1. The molecule has 0 amide bonds. The molecule has 4 rings (SSSR count). The van der Waals surface area contributed by atoms with Crippen LogP contribution in [0.3, 0.4) is 0 Å². The van der Waals surface area contributed by atoms with E-state index >= 15 is 0 Å². The summed E-state index contributed by atoms with van der Waals surface area (Å²) in [6, 6.07) is 17.6. The molecule has 1 unspecified atom stereocenters. The smallest absolute Gasteiger partial charge is 0.308 e. The Kier molecular flexibility index (Phi) is 4.63. The lowest BCUT2D eigenvalue weighted by Gasteiger charge is -2.06. The summed E-state index contributed by atoms with van der Waals surface area (Å²) >= 11 is 2.87. The van der Waals surface area contributed by atoms with Crippen molar-refractivity contribution in [3.05, 3.63) is 65.7 Å². The van der Waals surface area contributed by atoms with E-state index in [4.69, 9.17) is 9.73 Å². The number of nitrogens with zero attached hydrogens (tertiary/aromatic N) is 1. The van der Waals surface area contributed by atoms with Gasteiger partial charge in [-0.3, -0.25) is 14.6 Å². The second-order valence-corrected chi connectivity index (χ2v) is 8.57. The van der Waals surface area contributed by atoms with Crippen LogP contribution in [-0.2, 0) is 15.3 Å². The molecule has 0 radical (unpaired) electrons. The van der Waals surface area contributed by atoms with E-state index in [1.807, 2.05) is 36.4 Å². The van der Waals surface area contributed by atoms with Crippen molar-refractivity contribution in [3.8, 4) is 5.75 Å². The van der Waals surface area contributed by atoms with Gasteiger partial charge in [0.1, 0.15) is 15.7 Å². The number of ether oxygens (including phenoxy) is 1. The van der Waals surface area contributed by atoms with E-state index in [9.17, 15) is 9.59 Å². The first-order chi connectivity index (χ1) is 12.6. The molecular formula is C20H17NO3S2. The van der Waals surface area contributed by atoms with Crippen LogP contribution in [0.1, 0.15) is 30.4 Å². The topological polar surface area (TPSA) is 55.7 Å². The number of hydrogen-bond donors (Lipinski definition) is 0. The number of thioether (sulfide) groups is 2. The van der Waals surface area contributed by atoms with Crippen LogP contribution in [0.5, 0.6) is 5.75 Å². The number of hydrogen-bond acceptors (Lipinski definition) is 6. The van der Waals surface area contributed by atoms with E-state index in [-0.39, 0.29) is 17.0 Å². The van der Waals surface area contributed by atoms with Gasteiger partial charge in [0.15, 0.2) is 0 Å². The molecule has 0 N–H and O–H groups in total. The molecule has 0 aromatic heterocycles. The first-order valence-corrected chi connectivity index (χ1v) is 10.1. The highest BCUT2D eigenvalue weighted by atomic mass is 32.2. The average Bonchev–Trinajstić information content (AvgIpc) is 3.27. The standard InChI is InChI=1S/C20H17NO3S2/c1-13(22)24-16-9-5-8-15(10-16)17-11-20(17)18(23)26-19(21-20)25-12-14-6-3-2-4-7-14/h2-10,17H,11-12H2,1H3/t17-,20?/m1/s1. The monoisotopic (exact) mass is 383 g/mol. The molecule has 1 fully saturated rings. The SMILES string of the molecule is CC(=O)Oc1cccc([C@H]2CC23N=C(SCc2ccccc2)SC3=O)c1. The minimum Gasteiger partial charge on any atom is -0.427 e. The minimum absolute atomic E-state index is 0.0628. The third kappa shape index (κ3) is 3.44. The third-order valence-corrected chi connectivity index (χ3v) is 6.71. The van der Waals surface area contributed by atoms with Gasteiger partial charge >= 0.3 is 5.97 Å². The van der Waals surface area contributed by atoms with Gasteiger partial charge in [-0.2, -0.15) is 0 Å². The molecule has 1 aliphatic heterocycles. The summed E-state index contributed by atoms with van der Waals surface area (Å²) in [5.41, 5.74) is 1.59. The molecule has 2 atom stereocenters. The zero-order valence-electron chi connectivity index (χ0n) is 14.2. The number of benzene rings is 2. The van der Waals surface area contributed by atoms with Gasteiger partial charge in [0, 0.05) is 18.6 Å². The lowest BCUT2D eigenvalue weighted by molar-refractivity contribution is -0.131. The molecule has 2 aliphatic rings. The Bertz CT molecular complexity index is 897. The quantitative estimate of drug-likeness (QED) is 0.578. The van der Waals surface area contributed by atoms with Crippen molar-refractivity contribution in [3.63, 3.8) is 0 Å². The Morgan fingerprint density at radius 1 is 1.27 bits per heavy atom. The highest BCUT2D eigenvalue weighted by Gasteiger charge is 2.64. The normalized spacial score (nSPS) is 23.8. The zero-order chi connectivity index (χ0) is 18.1. The van der Waals surface area contributed by atoms with Crippen LogP contribution in [0.15, 0.2) is 59.6 Å². The molecular weight excluding hydrogens is 366 g/mol. The van der Waals surface area contributed by atoms with Gasteiger partial charge in [-0.05, 0) is 41.4 Å². The fourth-order valence-electron chi connectivity index (χ4n) is 3.14. The molecule has 6 heteroatoms. The number of carbonyl (C=O) groups excluding carboxylic acids is 2. The molecule has 0 saturated heterocycles. The zero-order valence-corrected chi connectivity index (χ0v) is 15.8. The van der Waals surface area contributed by atoms with E-state index in [0.717, 1.165) is 22.1 Å². The first-order valence-electron chi connectivity index (χ1n) is 8.34. The van der Waals surface area contributed by atoms with Gasteiger partial charge in [0.05, 0.1) is 0 Å². The van der Waals surface area contributed by atoms with Crippen molar-refractivity contribution >= 4 is 39.0 Å². The summed E-state index contributed by atoms with van der Waals surface area (Å²) in [5.74, 6) is 1.03. The van der Waals surface area contributed by atoms with E-state index in [2.05, 4.69) is 12.1 Å². The summed E-state index contributed by atoms with van der Waals surface area (Å²) in [6.45, 7) is 1.38. The molecule has 0 bridgehead atoms. The van der Waals surface area contributed by atoms with Crippen molar-refractivity contribution in [1.29, 1.82) is 0 Å². The van der Waals surface area contributed by atoms with Crippen molar-refractivity contribution in [2.75, 3.05) is 0 Å². The summed E-state index contributed by atoms with van der Waals surface area (Å²) in [6.07, 6.45) is 0.720. The van der Waals surface area contributed by atoms with Gasteiger partial charge in [-0.1, -0.05) is 54.2 Å². The summed E-state index contributed by atoms with van der Waals surface area (Å²) in [7, 11) is 0. The van der Waals surface area contributed by atoms with Gasteiger partial charge in [-0.15, -0.1) is 0 Å². The Morgan fingerprint density at radius 3 is 2.85 bits per heavy atom. The Balaban J connectivity index is 1.47. The fourth-order valence-corrected chi connectivity index (χ4v) is 5.30. The van der Waals surface area contributed by atoms with Crippen LogP contribution in [0.25, 0.3) is 0 Å². The Morgan fingerprint density at radius 2 is 2.08 bits per heavy atom. The maximum atomic E-state index is 12.6. The molecule has 4 nitrogen and oxygen atoms in total. The molecule has 2 aromatic carbocycles. The minimum atomic E-state index is -0.626. The first kappa shape index (κ1) is 17.4. The van der Waals surface area contributed by atoms with Gasteiger partial charge < -0.3 is 4.74 Å². The summed E-state index contributed by atoms with van der Waals surface area (Å²) in [5, 5.41) is 0.121.